The highest BCUT2D eigenvalue weighted by atomic mass is 35.5. The zero-order valence-electron chi connectivity index (χ0n) is 20.5. The Labute approximate surface area is 222 Å². The molecule has 9 heteroatoms. The standard InChI is InChI=1S/C29H24ClFN4O3/c1-3-32-16-24-22(15-33-35(24)2)26-23(30)12-11-21-20(28(29(36)37)34-27(21)26)7-5-13-38-25-8-4-6-17-14-18(31)9-10-19(17)25/h3-4,6,8-12,14-16,34H,1,5,7,13H2,2H3,(H,36,37). The second-order valence-electron chi connectivity index (χ2n) is 8.73. The molecule has 5 aromatic rings. The van der Waals surface area contributed by atoms with Gasteiger partial charge in [-0.2, -0.15) is 5.10 Å². The molecule has 192 valence electrons. The summed E-state index contributed by atoms with van der Waals surface area (Å²) in [5.41, 5.74) is 3.46. The number of aromatic carboxylic acids is 1. The number of ether oxygens (including phenoxy) is 1. The molecule has 0 amide bonds. The van der Waals surface area contributed by atoms with Crippen molar-refractivity contribution in [1.82, 2.24) is 14.8 Å². The second kappa shape index (κ2) is 10.5. The van der Waals surface area contributed by atoms with Gasteiger partial charge in [-0.25, -0.2) is 9.18 Å². The third kappa shape index (κ3) is 4.66. The van der Waals surface area contributed by atoms with Gasteiger partial charge in [0.05, 0.1) is 35.3 Å². The minimum absolute atomic E-state index is 0.106. The molecular weight excluding hydrogens is 507 g/mol. The summed E-state index contributed by atoms with van der Waals surface area (Å²) < 4.78 is 21.3. The molecule has 0 aliphatic heterocycles. The number of hydrogen-bond donors (Lipinski definition) is 2. The Hall–Kier alpha value is -4.43. The lowest BCUT2D eigenvalue weighted by Crippen LogP contribution is -2.04. The number of nitrogens with zero attached hydrogens (tertiary/aromatic N) is 3. The van der Waals surface area contributed by atoms with Crippen LogP contribution >= 0.6 is 11.6 Å². The van der Waals surface area contributed by atoms with Crippen molar-refractivity contribution < 1.29 is 19.0 Å². The molecule has 0 saturated heterocycles. The Morgan fingerprint density at radius 2 is 2.08 bits per heavy atom. The Morgan fingerprint density at radius 3 is 2.87 bits per heavy atom. The molecule has 0 atom stereocenters. The van der Waals surface area contributed by atoms with Crippen molar-refractivity contribution >= 4 is 45.5 Å². The molecule has 5 rings (SSSR count). The van der Waals surface area contributed by atoms with E-state index in [4.69, 9.17) is 16.3 Å². The van der Waals surface area contributed by atoms with E-state index >= 15 is 0 Å². The Morgan fingerprint density at radius 1 is 1.26 bits per heavy atom. The van der Waals surface area contributed by atoms with Gasteiger partial charge in [-0.15, -0.1) is 0 Å². The van der Waals surface area contributed by atoms with Crippen LogP contribution in [0.25, 0.3) is 32.8 Å². The van der Waals surface area contributed by atoms with E-state index in [0.29, 0.717) is 58.1 Å². The molecule has 0 spiro atoms. The van der Waals surface area contributed by atoms with Crippen LogP contribution in [0.5, 0.6) is 5.75 Å². The lowest BCUT2D eigenvalue weighted by atomic mass is 10.00. The van der Waals surface area contributed by atoms with E-state index in [1.54, 1.807) is 36.3 Å². The third-order valence-electron chi connectivity index (χ3n) is 6.43. The number of hydrogen-bond acceptors (Lipinski definition) is 4. The van der Waals surface area contributed by atoms with Crippen LogP contribution < -0.4 is 4.74 Å². The van der Waals surface area contributed by atoms with Crippen LogP contribution in [0.4, 0.5) is 4.39 Å². The molecule has 0 fully saturated rings. The first-order valence-corrected chi connectivity index (χ1v) is 12.3. The van der Waals surface area contributed by atoms with E-state index < -0.39 is 5.97 Å². The first-order valence-electron chi connectivity index (χ1n) is 11.9. The van der Waals surface area contributed by atoms with Crippen LogP contribution in [0.1, 0.15) is 28.2 Å². The van der Waals surface area contributed by atoms with Crippen LogP contribution in [0.15, 0.2) is 72.5 Å². The highest BCUT2D eigenvalue weighted by molar-refractivity contribution is 6.35. The smallest absolute Gasteiger partial charge is 0.352 e. The van der Waals surface area contributed by atoms with Gasteiger partial charge in [0.2, 0.25) is 0 Å². The minimum Gasteiger partial charge on any atom is -0.493 e. The highest BCUT2D eigenvalue weighted by Crippen LogP contribution is 2.39. The number of H-pyrrole nitrogens is 1. The average molecular weight is 531 g/mol. The maximum atomic E-state index is 13.6. The van der Waals surface area contributed by atoms with Crippen LogP contribution in [0, 0.1) is 5.82 Å². The van der Waals surface area contributed by atoms with E-state index in [1.807, 2.05) is 24.3 Å². The molecule has 2 aromatic heterocycles. The summed E-state index contributed by atoms with van der Waals surface area (Å²) in [6.07, 6.45) is 5.75. The fraction of sp³-hybridized carbons (Fsp3) is 0.138. The summed E-state index contributed by atoms with van der Waals surface area (Å²) in [6.45, 7) is 3.97. The van der Waals surface area contributed by atoms with Gasteiger partial charge in [-0.3, -0.25) is 9.67 Å². The number of fused-ring (bicyclic) bond motifs is 2. The molecule has 0 aliphatic rings. The molecule has 2 N–H and O–H groups in total. The van der Waals surface area contributed by atoms with E-state index in [0.717, 1.165) is 16.2 Å². The number of rotatable bonds is 9. The Bertz CT molecular complexity index is 1720. The number of halogens is 2. The number of aromatic amines is 1. The van der Waals surface area contributed by atoms with Gasteiger partial charge in [-0.05, 0) is 54.1 Å². The van der Waals surface area contributed by atoms with Crippen molar-refractivity contribution in [3.8, 4) is 16.9 Å². The molecule has 0 unspecified atom stereocenters. The monoisotopic (exact) mass is 530 g/mol. The van der Waals surface area contributed by atoms with Crippen molar-refractivity contribution in [3.05, 3.63) is 95.3 Å². The first kappa shape index (κ1) is 25.2. The lowest BCUT2D eigenvalue weighted by Gasteiger charge is -2.10. The Kier molecular flexibility index (Phi) is 6.98. The molecule has 0 radical (unpaired) electrons. The van der Waals surface area contributed by atoms with Crippen molar-refractivity contribution in [1.29, 1.82) is 0 Å². The molecule has 3 aromatic carbocycles. The minimum atomic E-state index is -1.06. The summed E-state index contributed by atoms with van der Waals surface area (Å²) in [5.74, 6) is -0.713. The van der Waals surface area contributed by atoms with Crippen molar-refractivity contribution in [2.24, 2.45) is 12.0 Å². The van der Waals surface area contributed by atoms with Crippen LogP contribution in [-0.4, -0.2) is 38.7 Å². The fourth-order valence-electron chi connectivity index (χ4n) is 4.70. The van der Waals surface area contributed by atoms with Crippen molar-refractivity contribution in [2.45, 2.75) is 12.8 Å². The first-order chi connectivity index (χ1) is 18.4. The molecule has 38 heavy (non-hydrogen) atoms. The summed E-state index contributed by atoms with van der Waals surface area (Å²) >= 11 is 6.63. The third-order valence-corrected chi connectivity index (χ3v) is 6.75. The number of aryl methyl sites for hydroxylation is 2. The quantitative estimate of drug-likeness (QED) is 0.162. The van der Waals surface area contributed by atoms with Gasteiger partial charge < -0.3 is 14.8 Å². The second-order valence-corrected chi connectivity index (χ2v) is 9.14. The predicted octanol–water partition coefficient (Wildman–Crippen LogP) is 6.79. The molecule has 7 nitrogen and oxygen atoms in total. The summed E-state index contributed by atoms with van der Waals surface area (Å²) in [7, 11) is 1.79. The number of benzene rings is 3. The van der Waals surface area contributed by atoms with Gasteiger partial charge in [0, 0.05) is 35.1 Å². The molecular formula is C29H24ClFN4O3. The van der Waals surface area contributed by atoms with Gasteiger partial charge in [0.1, 0.15) is 17.3 Å². The number of aromatic nitrogens is 3. The topological polar surface area (TPSA) is 92.5 Å². The summed E-state index contributed by atoms with van der Waals surface area (Å²) in [4.78, 5) is 19.4. The number of nitrogens with one attached hydrogen (secondary N) is 1. The number of aliphatic imine (C=N–C) groups is 1. The normalized spacial score (nSPS) is 11.6. The van der Waals surface area contributed by atoms with Crippen molar-refractivity contribution in [2.75, 3.05) is 6.61 Å². The van der Waals surface area contributed by atoms with Crippen LogP contribution in [-0.2, 0) is 13.5 Å². The van der Waals surface area contributed by atoms with Gasteiger partial charge in [-0.1, -0.05) is 36.4 Å². The van der Waals surface area contributed by atoms with E-state index in [1.165, 1.54) is 18.3 Å². The Balaban J connectivity index is 1.46. The van der Waals surface area contributed by atoms with Gasteiger partial charge in [0.15, 0.2) is 0 Å². The van der Waals surface area contributed by atoms with Gasteiger partial charge in [0.25, 0.3) is 0 Å². The van der Waals surface area contributed by atoms with Crippen LogP contribution in [0.3, 0.4) is 0 Å². The zero-order chi connectivity index (χ0) is 26.8. The number of carboxylic acids is 1. The average Bonchev–Trinajstić information content (AvgIpc) is 3.45. The molecule has 0 saturated carbocycles. The summed E-state index contributed by atoms with van der Waals surface area (Å²) in [5, 5.41) is 17.1. The zero-order valence-corrected chi connectivity index (χ0v) is 21.3. The lowest BCUT2D eigenvalue weighted by molar-refractivity contribution is 0.0690. The molecule has 2 heterocycles. The SMILES string of the molecule is C=CN=Cc1c(-c2c(Cl)ccc3c(CCCOc4cccc5cc(F)ccc45)c(C(=O)O)[nH]c23)cnn1C. The molecule has 0 bridgehead atoms. The van der Waals surface area contributed by atoms with E-state index in [9.17, 15) is 14.3 Å². The van der Waals surface area contributed by atoms with Crippen LogP contribution in [0.2, 0.25) is 5.02 Å². The molecule has 0 aliphatic carbocycles. The van der Waals surface area contributed by atoms with E-state index in [2.05, 4.69) is 21.7 Å². The highest BCUT2D eigenvalue weighted by Gasteiger charge is 2.23. The van der Waals surface area contributed by atoms with Gasteiger partial charge >= 0.3 is 5.97 Å². The maximum absolute atomic E-state index is 13.6. The predicted molar refractivity (Wildman–Crippen MR) is 148 cm³/mol. The van der Waals surface area contributed by atoms with E-state index in [-0.39, 0.29) is 11.5 Å². The largest absolute Gasteiger partial charge is 0.493 e. The van der Waals surface area contributed by atoms with Crippen molar-refractivity contribution in [3.63, 3.8) is 0 Å². The summed E-state index contributed by atoms with van der Waals surface area (Å²) in [6, 6.07) is 13.6. The number of carbonyl (C=O) groups is 1. The fourth-order valence-corrected chi connectivity index (χ4v) is 4.96. The number of carboxylic acid groups (broad SMARTS) is 1. The maximum Gasteiger partial charge on any atom is 0.352 e.